The van der Waals surface area contributed by atoms with Crippen LogP contribution in [0.4, 0.5) is 0 Å². The van der Waals surface area contributed by atoms with Gasteiger partial charge < -0.3 is 19.8 Å². The maximum atomic E-state index is 12.5. The van der Waals surface area contributed by atoms with Crippen LogP contribution < -0.4 is 0 Å². The van der Waals surface area contributed by atoms with E-state index in [1.165, 1.54) is 38.5 Å². The van der Waals surface area contributed by atoms with E-state index in [9.17, 15) is 19.8 Å². The summed E-state index contributed by atoms with van der Waals surface area (Å²) in [6.45, 7) is 2.21. The first kappa shape index (κ1) is 26.0. The summed E-state index contributed by atoms with van der Waals surface area (Å²) >= 11 is 0. The molecule has 0 fully saturated rings. The minimum atomic E-state index is -1.94. The van der Waals surface area contributed by atoms with Gasteiger partial charge in [-0.3, -0.25) is 9.59 Å². The van der Waals surface area contributed by atoms with Crippen LogP contribution in [0.3, 0.4) is 0 Å². The predicted octanol–water partition coefficient (Wildman–Crippen LogP) is 3.14. The van der Waals surface area contributed by atoms with Gasteiger partial charge >= 0.3 is 5.97 Å². The molecule has 0 rings (SSSR count). The zero-order valence-corrected chi connectivity index (χ0v) is 17.9. The molecule has 0 radical (unpaired) electrons. The number of quaternary nitrogens is 1. The Hall–Kier alpha value is -0.980. The van der Waals surface area contributed by atoms with E-state index in [0.717, 1.165) is 19.3 Å². The number of aliphatic hydroxyl groups is 2. The van der Waals surface area contributed by atoms with E-state index in [2.05, 4.69) is 6.92 Å². The molecule has 0 aromatic rings. The topological polar surface area (TPSA) is 94.8 Å². The summed E-state index contributed by atoms with van der Waals surface area (Å²) in [5, 5.41) is 29.8. The molecule has 27 heavy (non-hydrogen) atoms. The number of aliphatic carboxylic acids is 1. The standard InChI is InChI=1S/C21H41NO5/c1-5-6-7-8-9-10-11-12-13-14-18(23)15-19(24)21(27,16-20(25)26)17-22(2,3)4/h18,23,27H,5-17H2,1-4H3/p+1. The number of carbonyl (C=O) groups is 2. The number of carbonyl (C=O) groups excluding carboxylic acids is 1. The maximum Gasteiger partial charge on any atom is 0.306 e. The summed E-state index contributed by atoms with van der Waals surface area (Å²) in [4.78, 5) is 23.5. The fraction of sp³-hybridized carbons (Fsp3) is 0.905. The van der Waals surface area contributed by atoms with Crippen LogP contribution in [-0.4, -0.2) is 70.9 Å². The average molecular weight is 389 g/mol. The van der Waals surface area contributed by atoms with Crippen LogP contribution in [0.5, 0.6) is 0 Å². The van der Waals surface area contributed by atoms with Crippen molar-refractivity contribution in [3.05, 3.63) is 0 Å². The van der Waals surface area contributed by atoms with E-state index in [-0.39, 0.29) is 17.4 Å². The number of ketones is 1. The van der Waals surface area contributed by atoms with Gasteiger partial charge in [-0.05, 0) is 6.42 Å². The number of likely N-dealkylation sites (N-methyl/N-ethyl adjacent to an activating group) is 1. The van der Waals surface area contributed by atoms with Crippen LogP contribution in [0, 0.1) is 0 Å². The van der Waals surface area contributed by atoms with Gasteiger partial charge in [-0.1, -0.05) is 64.7 Å². The van der Waals surface area contributed by atoms with E-state index >= 15 is 0 Å². The van der Waals surface area contributed by atoms with Crippen molar-refractivity contribution in [2.75, 3.05) is 27.7 Å². The second-order valence-corrected chi connectivity index (χ2v) is 8.95. The molecule has 0 amide bonds. The maximum absolute atomic E-state index is 12.5. The third kappa shape index (κ3) is 13.8. The second-order valence-electron chi connectivity index (χ2n) is 8.95. The zero-order chi connectivity index (χ0) is 20.9. The van der Waals surface area contributed by atoms with Gasteiger partial charge in [-0.15, -0.1) is 0 Å². The van der Waals surface area contributed by atoms with E-state index in [0.29, 0.717) is 6.42 Å². The van der Waals surface area contributed by atoms with Gasteiger partial charge in [0, 0.05) is 6.42 Å². The van der Waals surface area contributed by atoms with E-state index < -0.39 is 29.9 Å². The summed E-state index contributed by atoms with van der Waals surface area (Å²) < 4.78 is 0.268. The average Bonchev–Trinajstić information content (AvgIpc) is 2.50. The van der Waals surface area contributed by atoms with Crippen LogP contribution in [0.25, 0.3) is 0 Å². The van der Waals surface area contributed by atoms with Crippen molar-refractivity contribution < 1.29 is 29.4 Å². The van der Waals surface area contributed by atoms with Crippen molar-refractivity contribution in [3.8, 4) is 0 Å². The fourth-order valence-corrected chi connectivity index (χ4v) is 3.47. The molecule has 0 aliphatic carbocycles. The smallest absolute Gasteiger partial charge is 0.306 e. The van der Waals surface area contributed by atoms with Crippen molar-refractivity contribution in [1.82, 2.24) is 0 Å². The zero-order valence-electron chi connectivity index (χ0n) is 17.9. The van der Waals surface area contributed by atoms with Gasteiger partial charge in [0.1, 0.15) is 6.54 Å². The molecule has 3 N–H and O–H groups in total. The number of carboxylic acids is 1. The molecule has 0 aliphatic heterocycles. The predicted molar refractivity (Wildman–Crippen MR) is 108 cm³/mol. The van der Waals surface area contributed by atoms with Crippen molar-refractivity contribution in [1.29, 1.82) is 0 Å². The minimum Gasteiger partial charge on any atom is -0.481 e. The van der Waals surface area contributed by atoms with Crippen molar-refractivity contribution in [2.45, 2.75) is 95.7 Å². The van der Waals surface area contributed by atoms with Gasteiger partial charge in [0.2, 0.25) is 0 Å². The first-order chi connectivity index (χ1) is 12.5. The Balaban J connectivity index is 4.20. The second kappa shape index (κ2) is 13.2. The lowest BCUT2D eigenvalue weighted by Gasteiger charge is -2.34. The Morgan fingerprint density at radius 2 is 1.41 bits per heavy atom. The highest BCUT2D eigenvalue weighted by Gasteiger charge is 2.43. The van der Waals surface area contributed by atoms with E-state index in [4.69, 9.17) is 5.11 Å². The number of aliphatic hydroxyl groups excluding tert-OH is 1. The lowest BCUT2D eigenvalue weighted by atomic mass is 9.88. The largest absolute Gasteiger partial charge is 0.481 e. The molecule has 0 saturated carbocycles. The molecule has 0 heterocycles. The molecule has 0 spiro atoms. The fourth-order valence-electron chi connectivity index (χ4n) is 3.47. The number of rotatable bonds is 17. The SMILES string of the molecule is CCCCCCCCCCCC(O)CC(=O)C(O)(CC(=O)O)C[N+](C)(C)C. The van der Waals surface area contributed by atoms with Gasteiger partial charge in [0.05, 0.1) is 33.7 Å². The summed E-state index contributed by atoms with van der Waals surface area (Å²) in [5.41, 5.74) is -1.94. The molecule has 0 aromatic carbocycles. The van der Waals surface area contributed by atoms with Crippen LogP contribution in [-0.2, 0) is 9.59 Å². The summed E-state index contributed by atoms with van der Waals surface area (Å²) in [6.07, 6.45) is 9.50. The normalized spacial score (nSPS) is 15.3. The van der Waals surface area contributed by atoms with Crippen LogP contribution in [0.15, 0.2) is 0 Å². The minimum absolute atomic E-state index is 0.00286. The van der Waals surface area contributed by atoms with Crippen LogP contribution in [0.1, 0.15) is 84.0 Å². The Kier molecular flexibility index (Phi) is 12.8. The molecule has 2 atom stereocenters. The Morgan fingerprint density at radius 3 is 1.85 bits per heavy atom. The van der Waals surface area contributed by atoms with Gasteiger partial charge in [-0.2, -0.15) is 0 Å². The molecule has 2 unspecified atom stereocenters. The monoisotopic (exact) mass is 388 g/mol. The lowest BCUT2D eigenvalue weighted by Crippen LogP contribution is -2.55. The highest BCUT2D eigenvalue weighted by atomic mass is 16.4. The number of hydrogen-bond acceptors (Lipinski definition) is 4. The van der Waals surface area contributed by atoms with Crippen LogP contribution in [0.2, 0.25) is 0 Å². The number of hydrogen-bond donors (Lipinski definition) is 3. The summed E-state index contributed by atoms with van der Waals surface area (Å²) in [5.74, 6) is -1.80. The first-order valence-electron chi connectivity index (χ1n) is 10.5. The molecular formula is C21H42NO5+. The third-order valence-corrected chi connectivity index (χ3v) is 4.76. The van der Waals surface area contributed by atoms with Gasteiger partial charge in [-0.25, -0.2) is 0 Å². The van der Waals surface area contributed by atoms with Crippen LogP contribution >= 0.6 is 0 Å². The highest BCUT2D eigenvalue weighted by Crippen LogP contribution is 2.20. The summed E-state index contributed by atoms with van der Waals surface area (Å²) in [6, 6.07) is 0. The highest BCUT2D eigenvalue weighted by molar-refractivity contribution is 5.91. The molecular weight excluding hydrogens is 346 g/mol. The Bertz CT molecular complexity index is 433. The molecule has 0 aliphatic rings. The number of carboxylic acid groups (broad SMARTS) is 1. The third-order valence-electron chi connectivity index (χ3n) is 4.76. The quantitative estimate of drug-likeness (QED) is 0.263. The molecule has 0 aromatic heterocycles. The Labute approximate surface area is 165 Å². The lowest BCUT2D eigenvalue weighted by molar-refractivity contribution is -0.875. The van der Waals surface area contributed by atoms with Crippen molar-refractivity contribution in [3.63, 3.8) is 0 Å². The van der Waals surface area contributed by atoms with Crippen molar-refractivity contribution >= 4 is 11.8 Å². The van der Waals surface area contributed by atoms with Gasteiger partial charge in [0.25, 0.3) is 0 Å². The molecule has 0 bridgehead atoms. The van der Waals surface area contributed by atoms with Crippen molar-refractivity contribution in [2.24, 2.45) is 0 Å². The number of unbranched alkanes of at least 4 members (excludes halogenated alkanes) is 8. The van der Waals surface area contributed by atoms with E-state index in [1.807, 2.05) is 0 Å². The number of nitrogens with zero attached hydrogens (tertiary/aromatic N) is 1. The molecule has 160 valence electrons. The summed E-state index contributed by atoms with van der Waals surface area (Å²) in [7, 11) is 5.37. The molecule has 0 saturated heterocycles. The first-order valence-corrected chi connectivity index (χ1v) is 10.5. The number of Topliss-reactive ketones (excluding diaryl/α,β-unsaturated/α-hetero) is 1. The van der Waals surface area contributed by atoms with E-state index in [1.54, 1.807) is 21.1 Å². The van der Waals surface area contributed by atoms with Gasteiger partial charge in [0.15, 0.2) is 11.4 Å². The Morgan fingerprint density at radius 1 is 0.926 bits per heavy atom. The molecule has 6 nitrogen and oxygen atoms in total. The molecule has 6 heteroatoms.